The summed E-state index contributed by atoms with van der Waals surface area (Å²) in [6.07, 6.45) is 2.76. The first-order valence-electron chi connectivity index (χ1n) is 5.94. The molecular formula is C10H23N3O2S. The van der Waals surface area contributed by atoms with Gasteiger partial charge in [0.2, 0.25) is 0 Å². The van der Waals surface area contributed by atoms with Gasteiger partial charge in [0.05, 0.1) is 0 Å². The molecule has 0 aromatic rings. The van der Waals surface area contributed by atoms with E-state index in [0.29, 0.717) is 6.54 Å². The molecule has 6 heteroatoms. The van der Waals surface area contributed by atoms with Gasteiger partial charge in [-0.2, -0.15) is 17.4 Å². The Kier molecular flexibility index (Phi) is 5.17. The lowest BCUT2D eigenvalue weighted by Crippen LogP contribution is -2.54. The van der Waals surface area contributed by atoms with Crippen molar-refractivity contribution in [1.29, 1.82) is 0 Å². The van der Waals surface area contributed by atoms with Crippen molar-refractivity contribution in [3.05, 3.63) is 0 Å². The number of nitrogens with zero attached hydrogens (tertiary/aromatic N) is 1. The van der Waals surface area contributed by atoms with Crippen LogP contribution in [0.25, 0.3) is 0 Å². The Balaban J connectivity index is 2.57. The van der Waals surface area contributed by atoms with Crippen LogP contribution in [0.15, 0.2) is 0 Å². The van der Waals surface area contributed by atoms with Gasteiger partial charge in [0.15, 0.2) is 0 Å². The molecule has 1 saturated heterocycles. The average molecular weight is 249 g/mol. The maximum absolute atomic E-state index is 11.9. The molecule has 0 saturated carbocycles. The van der Waals surface area contributed by atoms with Crippen LogP contribution in [0, 0.1) is 0 Å². The summed E-state index contributed by atoms with van der Waals surface area (Å²) >= 11 is 0. The molecule has 0 bridgehead atoms. The summed E-state index contributed by atoms with van der Waals surface area (Å²) in [6, 6.07) is 0.219. The predicted molar refractivity (Wildman–Crippen MR) is 65.5 cm³/mol. The highest BCUT2D eigenvalue weighted by atomic mass is 32.2. The standard InChI is InChI=1S/C10H23N3O2S/c1-4-8-13(3)16(14,15)12-10-6-5-7-11-9(10)2/h9-12H,4-8H2,1-3H3. The van der Waals surface area contributed by atoms with Crippen LogP contribution >= 0.6 is 0 Å². The van der Waals surface area contributed by atoms with E-state index in [9.17, 15) is 8.42 Å². The van der Waals surface area contributed by atoms with Crippen LogP contribution < -0.4 is 10.0 Å². The summed E-state index contributed by atoms with van der Waals surface area (Å²) in [5, 5.41) is 3.28. The van der Waals surface area contributed by atoms with Crippen molar-refractivity contribution in [3.8, 4) is 0 Å². The molecule has 0 spiro atoms. The molecule has 1 aliphatic rings. The first-order chi connectivity index (χ1) is 7.47. The van der Waals surface area contributed by atoms with Crippen molar-refractivity contribution < 1.29 is 8.42 Å². The fraction of sp³-hybridized carbons (Fsp3) is 1.00. The molecule has 5 nitrogen and oxygen atoms in total. The van der Waals surface area contributed by atoms with Crippen LogP contribution in [0.3, 0.4) is 0 Å². The molecule has 2 N–H and O–H groups in total. The summed E-state index contributed by atoms with van der Waals surface area (Å²) in [4.78, 5) is 0. The molecule has 0 aliphatic carbocycles. The molecule has 2 unspecified atom stereocenters. The van der Waals surface area contributed by atoms with Gasteiger partial charge in [-0.3, -0.25) is 0 Å². The highest BCUT2D eigenvalue weighted by molar-refractivity contribution is 7.87. The topological polar surface area (TPSA) is 61.4 Å². The lowest BCUT2D eigenvalue weighted by atomic mass is 10.0. The van der Waals surface area contributed by atoms with Crippen molar-refractivity contribution in [3.63, 3.8) is 0 Å². The maximum Gasteiger partial charge on any atom is 0.279 e. The van der Waals surface area contributed by atoms with Crippen molar-refractivity contribution in [2.45, 2.75) is 45.2 Å². The number of piperidine rings is 1. The Bertz CT molecular complexity index is 305. The zero-order valence-corrected chi connectivity index (χ0v) is 11.2. The van der Waals surface area contributed by atoms with E-state index in [0.717, 1.165) is 25.8 Å². The summed E-state index contributed by atoms with van der Waals surface area (Å²) in [5.74, 6) is 0. The largest absolute Gasteiger partial charge is 0.313 e. The van der Waals surface area contributed by atoms with Gasteiger partial charge in [0.25, 0.3) is 10.2 Å². The predicted octanol–water partition coefficient (Wildman–Crippen LogP) is 0.303. The van der Waals surface area contributed by atoms with E-state index in [1.165, 1.54) is 4.31 Å². The summed E-state index contributed by atoms with van der Waals surface area (Å²) in [7, 11) is -1.69. The molecule has 1 rings (SSSR count). The molecule has 0 aromatic heterocycles. The van der Waals surface area contributed by atoms with Gasteiger partial charge in [-0.25, -0.2) is 0 Å². The van der Waals surface area contributed by atoms with Crippen LogP contribution in [0.4, 0.5) is 0 Å². The average Bonchev–Trinajstić information content (AvgIpc) is 2.21. The van der Waals surface area contributed by atoms with E-state index >= 15 is 0 Å². The number of hydrogen-bond donors (Lipinski definition) is 2. The third-order valence-electron chi connectivity index (χ3n) is 3.01. The molecule has 0 radical (unpaired) electrons. The maximum atomic E-state index is 11.9. The summed E-state index contributed by atoms with van der Waals surface area (Å²) < 4.78 is 28.0. The van der Waals surface area contributed by atoms with E-state index < -0.39 is 10.2 Å². The van der Waals surface area contributed by atoms with Crippen molar-refractivity contribution in [2.24, 2.45) is 0 Å². The van der Waals surface area contributed by atoms with Crippen molar-refractivity contribution >= 4 is 10.2 Å². The number of nitrogens with one attached hydrogen (secondary N) is 2. The van der Waals surface area contributed by atoms with E-state index in [4.69, 9.17) is 0 Å². The monoisotopic (exact) mass is 249 g/mol. The number of rotatable bonds is 5. The number of hydrogen-bond acceptors (Lipinski definition) is 3. The Morgan fingerprint density at radius 1 is 1.50 bits per heavy atom. The lowest BCUT2D eigenvalue weighted by Gasteiger charge is -2.31. The first-order valence-corrected chi connectivity index (χ1v) is 7.38. The molecule has 1 heterocycles. The third-order valence-corrected chi connectivity index (χ3v) is 4.61. The molecule has 1 fully saturated rings. The fourth-order valence-corrected chi connectivity index (χ4v) is 3.23. The van der Waals surface area contributed by atoms with Gasteiger partial charge in [-0.15, -0.1) is 0 Å². The Morgan fingerprint density at radius 2 is 2.19 bits per heavy atom. The van der Waals surface area contributed by atoms with Gasteiger partial charge in [-0.05, 0) is 32.7 Å². The molecular weight excluding hydrogens is 226 g/mol. The van der Waals surface area contributed by atoms with E-state index in [1.807, 2.05) is 13.8 Å². The zero-order valence-electron chi connectivity index (χ0n) is 10.4. The van der Waals surface area contributed by atoms with Gasteiger partial charge < -0.3 is 5.32 Å². The van der Waals surface area contributed by atoms with Gasteiger partial charge in [0, 0.05) is 25.7 Å². The third kappa shape index (κ3) is 3.69. The second kappa shape index (κ2) is 5.95. The summed E-state index contributed by atoms with van der Waals surface area (Å²) in [6.45, 7) is 5.52. The Morgan fingerprint density at radius 3 is 2.75 bits per heavy atom. The van der Waals surface area contributed by atoms with Crippen LogP contribution in [0.1, 0.15) is 33.1 Å². The molecule has 0 aromatic carbocycles. The van der Waals surface area contributed by atoms with Gasteiger partial charge >= 0.3 is 0 Å². The minimum Gasteiger partial charge on any atom is -0.313 e. The van der Waals surface area contributed by atoms with Crippen molar-refractivity contribution in [1.82, 2.24) is 14.3 Å². The highest BCUT2D eigenvalue weighted by Gasteiger charge is 2.27. The molecule has 1 aliphatic heterocycles. The van der Waals surface area contributed by atoms with Gasteiger partial charge in [-0.1, -0.05) is 6.92 Å². The second-order valence-corrected chi connectivity index (χ2v) is 6.25. The molecule has 2 atom stereocenters. The Hall–Kier alpha value is -0.170. The second-order valence-electron chi connectivity index (χ2n) is 4.44. The minimum absolute atomic E-state index is 0.0121. The first kappa shape index (κ1) is 13.9. The Labute approximate surface area is 98.8 Å². The van der Waals surface area contributed by atoms with E-state index in [-0.39, 0.29) is 12.1 Å². The molecule has 96 valence electrons. The smallest absolute Gasteiger partial charge is 0.279 e. The fourth-order valence-electron chi connectivity index (χ4n) is 1.92. The van der Waals surface area contributed by atoms with E-state index in [2.05, 4.69) is 10.0 Å². The molecule has 16 heavy (non-hydrogen) atoms. The summed E-state index contributed by atoms with van der Waals surface area (Å²) in [5.41, 5.74) is 0. The minimum atomic E-state index is -3.31. The van der Waals surface area contributed by atoms with E-state index in [1.54, 1.807) is 7.05 Å². The quantitative estimate of drug-likeness (QED) is 0.737. The van der Waals surface area contributed by atoms with Crippen LogP contribution in [0.2, 0.25) is 0 Å². The zero-order chi connectivity index (χ0) is 12.2. The van der Waals surface area contributed by atoms with Gasteiger partial charge in [0.1, 0.15) is 0 Å². The lowest BCUT2D eigenvalue weighted by molar-refractivity contribution is 0.339. The van der Waals surface area contributed by atoms with Crippen LogP contribution in [-0.2, 0) is 10.2 Å². The van der Waals surface area contributed by atoms with Crippen LogP contribution in [0.5, 0.6) is 0 Å². The van der Waals surface area contributed by atoms with Crippen molar-refractivity contribution in [2.75, 3.05) is 20.1 Å². The van der Waals surface area contributed by atoms with Crippen LogP contribution in [-0.4, -0.2) is 44.9 Å². The molecule has 0 amide bonds. The SMILES string of the molecule is CCCN(C)S(=O)(=O)NC1CCCNC1C. The normalized spacial score (nSPS) is 27.2. The highest BCUT2D eigenvalue weighted by Crippen LogP contribution is 2.10.